The number of halogens is 2. The second kappa shape index (κ2) is 8.48. The zero-order valence-electron chi connectivity index (χ0n) is 17.7. The van der Waals surface area contributed by atoms with Crippen molar-refractivity contribution in [2.45, 2.75) is 20.4 Å². The van der Waals surface area contributed by atoms with Gasteiger partial charge < -0.3 is 14.0 Å². The fourth-order valence-electron chi connectivity index (χ4n) is 3.95. The van der Waals surface area contributed by atoms with E-state index in [0.717, 1.165) is 34.4 Å². The van der Waals surface area contributed by atoms with Crippen LogP contribution in [-0.2, 0) is 11.3 Å². The molecule has 0 unspecified atom stereocenters. The van der Waals surface area contributed by atoms with E-state index in [1.54, 1.807) is 18.2 Å². The second-order valence-electron chi connectivity index (χ2n) is 7.70. The van der Waals surface area contributed by atoms with Gasteiger partial charge in [-0.05, 0) is 79.2 Å². The highest BCUT2D eigenvalue weighted by Gasteiger charge is 2.36. The van der Waals surface area contributed by atoms with Gasteiger partial charge in [0.05, 0.1) is 11.4 Å². The highest BCUT2D eigenvalue weighted by atomic mass is 35.5. The van der Waals surface area contributed by atoms with Crippen molar-refractivity contribution in [3.05, 3.63) is 79.9 Å². The molecule has 0 N–H and O–H groups in total. The Labute approximate surface area is 204 Å². The van der Waals surface area contributed by atoms with Gasteiger partial charge in [0.15, 0.2) is 11.5 Å². The molecule has 2 aromatic carbocycles. The summed E-state index contributed by atoms with van der Waals surface area (Å²) in [5.74, 6) is 0.746. The Morgan fingerprint density at radius 1 is 1.03 bits per heavy atom. The molecule has 0 bridgehead atoms. The molecular weight excluding hydrogens is 483 g/mol. The summed E-state index contributed by atoms with van der Waals surface area (Å²) in [6.07, 6.45) is 1.76. The summed E-state index contributed by atoms with van der Waals surface area (Å²) in [6, 6.07) is 12.9. The van der Waals surface area contributed by atoms with Crippen molar-refractivity contribution < 1.29 is 19.1 Å². The predicted molar refractivity (Wildman–Crippen MR) is 129 cm³/mol. The van der Waals surface area contributed by atoms with Crippen LogP contribution in [0.1, 0.15) is 22.5 Å². The zero-order valence-corrected chi connectivity index (χ0v) is 20.1. The number of amides is 2. The van der Waals surface area contributed by atoms with E-state index in [1.165, 1.54) is 4.90 Å². The predicted octanol–water partition coefficient (Wildman–Crippen LogP) is 6.37. The average molecular weight is 501 g/mol. The molecular formula is C24H18Cl2N2O4S. The number of ether oxygens (including phenoxy) is 2. The first-order valence-electron chi connectivity index (χ1n) is 10.1. The van der Waals surface area contributed by atoms with Crippen LogP contribution >= 0.6 is 35.0 Å². The van der Waals surface area contributed by atoms with Crippen LogP contribution in [-0.4, -0.2) is 27.4 Å². The van der Waals surface area contributed by atoms with Crippen molar-refractivity contribution in [3.63, 3.8) is 0 Å². The van der Waals surface area contributed by atoms with Gasteiger partial charge >= 0.3 is 0 Å². The summed E-state index contributed by atoms with van der Waals surface area (Å²) in [6.45, 7) is 4.14. The highest BCUT2D eigenvalue weighted by molar-refractivity contribution is 8.18. The number of hydrogen-bond acceptors (Lipinski definition) is 5. The molecule has 33 heavy (non-hydrogen) atoms. The minimum atomic E-state index is -0.352. The van der Waals surface area contributed by atoms with E-state index < -0.39 is 0 Å². The van der Waals surface area contributed by atoms with Gasteiger partial charge in [0.1, 0.15) is 0 Å². The lowest BCUT2D eigenvalue weighted by molar-refractivity contribution is -0.123. The van der Waals surface area contributed by atoms with Crippen molar-refractivity contribution in [2.75, 3.05) is 6.79 Å². The quantitative estimate of drug-likeness (QED) is 0.389. The molecule has 0 spiro atoms. The Kier molecular flexibility index (Phi) is 5.64. The summed E-state index contributed by atoms with van der Waals surface area (Å²) in [5, 5.41) is 0.734. The van der Waals surface area contributed by atoms with Crippen molar-refractivity contribution in [3.8, 4) is 17.2 Å². The van der Waals surface area contributed by atoms with Crippen LogP contribution in [0, 0.1) is 13.8 Å². The molecule has 2 amide bonds. The van der Waals surface area contributed by atoms with Gasteiger partial charge in [-0.25, -0.2) is 0 Å². The molecule has 2 aliphatic heterocycles. The van der Waals surface area contributed by atoms with Crippen LogP contribution in [0.15, 0.2) is 47.4 Å². The number of nitrogens with zero attached hydrogens (tertiary/aromatic N) is 2. The van der Waals surface area contributed by atoms with Gasteiger partial charge in [-0.1, -0.05) is 23.2 Å². The average Bonchev–Trinajstić information content (AvgIpc) is 3.42. The van der Waals surface area contributed by atoms with Gasteiger partial charge in [0, 0.05) is 33.2 Å². The van der Waals surface area contributed by atoms with E-state index >= 15 is 0 Å². The minimum absolute atomic E-state index is 0.0568. The van der Waals surface area contributed by atoms with Crippen LogP contribution in [0.25, 0.3) is 11.8 Å². The first-order valence-corrected chi connectivity index (χ1v) is 11.7. The lowest BCUT2D eigenvalue weighted by atomic mass is 10.2. The zero-order chi connectivity index (χ0) is 23.3. The molecule has 6 nitrogen and oxygen atoms in total. The molecule has 168 valence electrons. The topological polar surface area (TPSA) is 60.8 Å². The Morgan fingerprint density at radius 3 is 2.45 bits per heavy atom. The fraction of sp³-hybridized carbons (Fsp3) is 0.167. The number of carbonyl (C=O) groups excluding carboxylic acids is 2. The third-order valence-corrected chi connectivity index (χ3v) is 7.10. The van der Waals surface area contributed by atoms with Gasteiger partial charge in [-0.3, -0.25) is 14.5 Å². The first kappa shape index (κ1) is 21.9. The molecule has 1 saturated heterocycles. The Bertz CT molecular complexity index is 1330. The second-order valence-corrected chi connectivity index (χ2v) is 9.54. The van der Waals surface area contributed by atoms with E-state index in [2.05, 4.69) is 4.57 Å². The normalized spacial score (nSPS) is 16.4. The van der Waals surface area contributed by atoms with Crippen molar-refractivity contribution in [1.29, 1.82) is 0 Å². The largest absolute Gasteiger partial charge is 0.454 e. The van der Waals surface area contributed by atoms with Crippen molar-refractivity contribution >= 4 is 52.2 Å². The number of benzene rings is 2. The fourth-order valence-corrected chi connectivity index (χ4v) is 5.12. The molecule has 3 heterocycles. The molecule has 5 rings (SSSR count). The number of aryl methyl sites for hydroxylation is 1. The van der Waals surface area contributed by atoms with Gasteiger partial charge in [-0.15, -0.1) is 0 Å². The Hall–Kier alpha value is -2.87. The van der Waals surface area contributed by atoms with Gasteiger partial charge in [0.25, 0.3) is 11.1 Å². The SMILES string of the molecule is Cc1cc(/C=C2\SC(=O)N(Cc3cc4c(cc3Cl)OCO4)C2=O)c(C)n1-c1ccc(Cl)cc1. The molecule has 0 radical (unpaired) electrons. The summed E-state index contributed by atoms with van der Waals surface area (Å²) in [7, 11) is 0. The molecule has 2 aliphatic rings. The monoisotopic (exact) mass is 500 g/mol. The lowest BCUT2D eigenvalue weighted by Crippen LogP contribution is -2.27. The molecule has 1 aromatic heterocycles. The number of carbonyl (C=O) groups is 2. The van der Waals surface area contributed by atoms with Gasteiger partial charge in [0.2, 0.25) is 6.79 Å². The lowest BCUT2D eigenvalue weighted by Gasteiger charge is -2.14. The van der Waals surface area contributed by atoms with Crippen LogP contribution in [0.2, 0.25) is 10.0 Å². The number of rotatable bonds is 4. The Balaban J connectivity index is 1.42. The van der Waals surface area contributed by atoms with Crippen LogP contribution in [0.4, 0.5) is 4.79 Å². The number of fused-ring (bicyclic) bond motifs is 1. The van der Waals surface area contributed by atoms with E-state index in [1.807, 2.05) is 44.2 Å². The molecule has 0 aliphatic carbocycles. The third-order valence-electron chi connectivity index (χ3n) is 5.59. The smallest absolute Gasteiger partial charge is 0.293 e. The molecule has 1 fully saturated rings. The molecule has 0 atom stereocenters. The summed E-state index contributed by atoms with van der Waals surface area (Å²) < 4.78 is 12.8. The number of hydrogen-bond donors (Lipinski definition) is 0. The summed E-state index contributed by atoms with van der Waals surface area (Å²) in [4.78, 5) is 27.3. The number of thioether (sulfide) groups is 1. The van der Waals surface area contributed by atoms with Crippen LogP contribution < -0.4 is 9.47 Å². The maximum absolute atomic E-state index is 13.1. The van der Waals surface area contributed by atoms with Crippen LogP contribution in [0.5, 0.6) is 11.5 Å². The van der Waals surface area contributed by atoms with E-state index in [4.69, 9.17) is 32.7 Å². The molecule has 3 aromatic rings. The van der Waals surface area contributed by atoms with E-state index in [0.29, 0.717) is 32.0 Å². The number of aromatic nitrogens is 1. The maximum atomic E-state index is 13.1. The third kappa shape index (κ3) is 4.01. The summed E-state index contributed by atoms with van der Waals surface area (Å²) in [5.41, 5.74) is 4.42. The van der Waals surface area contributed by atoms with E-state index in [9.17, 15) is 9.59 Å². The van der Waals surface area contributed by atoms with Crippen LogP contribution in [0.3, 0.4) is 0 Å². The van der Waals surface area contributed by atoms with Crippen molar-refractivity contribution in [2.24, 2.45) is 0 Å². The molecule has 9 heteroatoms. The molecule has 0 saturated carbocycles. The summed E-state index contributed by atoms with van der Waals surface area (Å²) >= 11 is 13.3. The minimum Gasteiger partial charge on any atom is -0.454 e. The maximum Gasteiger partial charge on any atom is 0.293 e. The Morgan fingerprint density at radius 2 is 1.73 bits per heavy atom. The van der Waals surface area contributed by atoms with Crippen molar-refractivity contribution in [1.82, 2.24) is 9.47 Å². The van der Waals surface area contributed by atoms with E-state index in [-0.39, 0.29) is 24.5 Å². The highest BCUT2D eigenvalue weighted by Crippen LogP contribution is 2.39. The first-order chi connectivity index (χ1) is 15.8. The number of imide groups is 1. The van der Waals surface area contributed by atoms with Gasteiger partial charge in [-0.2, -0.15) is 0 Å². The standard InChI is InChI=1S/C24H18Cl2N2O4S/c1-13-7-15(14(2)28(13)18-5-3-17(25)4-6-18)9-22-23(29)27(24(30)33-22)11-16-8-20-21(10-19(16)26)32-12-31-20/h3-10H,11-12H2,1-2H3/b22-9-.